The van der Waals surface area contributed by atoms with Crippen molar-refractivity contribution >= 4 is 33.3 Å². The summed E-state index contributed by atoms with van der Waals surface area (Å²) in [6, 6.07) is 2.10. The number of hydrogen-bond acceptors (Lipinski definition) is 6. The molecule has 1 atom stereocenters. The number of anilines is 2. The van der Waals surface area contributed by atoms with Gasteiger partial charge in [-0.15, -0.1) is 11.3 Å². The maximum atomic E-state index is 5.76. The molecule has 1 unspecified atom stereocenters. The van der Waals surface area contributed by atoms with Crippen molar-refractivity contribution < 1.29 is 4.74 Å². The summed E-state index contributed by atoms with van der Waals surface area (Å²) in [6.07, 6.45) is 2.64. The van der Waals surface area contributed by atoms with Crippen molar-refractivity contribution in [3.63, 3.8) is 0 Å². The van der Waals surface area contributed by atoms with Crippen LogP contribution < -0.4 is 10.2 Å². The molecule has 1 aliphatic heterocycles. The van der Waals surface area contributed by atoms with Crippen LogP contribution >= 0.6 is 11.3 Å². The zero-order valence-electron chi connectivity index (χ0n) is 11.9. The van der Waals surface area contributed by atoms with E-state index in [1.54, 1.807) is 11.3 Å². The Labute approximate surface area is 123 Å². The second-order valence-electron chi connectivity index (χ2n) is 4.93. The molecule has 0 saturated carbocycles. The van der Waals surface area contributed by atoms with E-state index in [0.717, 1.165) is 42.2 Å². The number of likely N-dealkylation sites (N-methyl/N-ethyl adjacent to an activating group) is 1. The van der Waals surface area contributed by atoms with Crippen LogP contribution in [0.2, 0.25) is 0 Å². The van der Waals surface area contributed by atoms with Gasteiger partial charge in [0.15, 0.2) is 0 Å². The average molecular weight is 292 g/mol. The molecule has 1 fully saturated rings. The number of thiophene rings is 1. The van der Waals surface area contributed by atoms with E-state index in [0.29, 0.717) is 12.1 Å². The van der Waals surface area contributed by atoms with Gasteiger partial charge in [-0.05, 0) is 31.2 Å². The number of rotatable bonds is 5. The number of aromatic nitrogens is 2. The summed E-state index contributed by atoms with van der Waals surface area (Å²) < 4.78 is 5.76. The molecule has 1 aliphatic rings. The van der Waals surface area contributed by atoms with Gasteiger partial charge in [-0.3, -0.25) is 0 Å². The Kier molecular flexibility index (Phi) is 4.03. The summed E-state index contributed by atoms with van der Waals surface area (Å²) in [5, 5.41) is 6.25. The summed E-state index contributed by atoms with van der Waals surface area (Å²) in [7, 11) is 1.86. The summed E-state index contributed by atoms with van der Waals surface area (Å²) in [6.45, 7) is 4.88. The first-order valence-electron chi connectivity index (χ1n) is 7.11. The van der Waals surface area contributed by atoms with Crippen molar-refractivity contribution in [2.24, 2.45) is 0 Å². The standard InChI is InChI=1S/C14H20N4OS/c1-3-18(9-10-5-4-7-19-10)12-11-6-8-20-13(11)17-14(15-2)16-12/h6,8,10H,3-5,7,9H2,1-2H3,(H,15,16,17). The molecule has 1 N–H and O–H groups in total. The zero-order chi connectivity index (χ0) is 13.9. The van der Waals surface area contributed by atoms with Crippen molar-refractivity contribution in [3.8, 4) is 0 Å². The lowest BCUT2D eigenvalue weighted by Crippen LogP contribution is -2.33. The monoisotopic (exact) mass is 292 g/mol. The quantitative estimate of drug-likeness (QED) is 0.918. The lowest BCUT2D eigenvalue weighted by Gasteiger charge is -2.25. The highest BCUT2D eigenvalue weighted by Crippen LogP contribution is 2.29. The molecule has 0 aliphatic carbocycles. The van der Waals surface area contributed by atoms with Gasteiger partial charge in [0.05, 0.1) is 11.5 Å². The molecule has 2 aromatic heterocycles. The highest BCUT2D eigenvalue weighted by Gasteiger charge is 2.21. The highest BCUT2D eigenvalue weighted by molar-refractivity contribution is 7.16. The Morgan fingerprint density at radius 2 is 2.40 bits per heavy atom. The van der Waals surface area contributed by atoms with Crippen LogP contribution in [0.1, 0.15) is 19.8 Å². The Bertz CT molecular complexity index is 580. The minimum Gasteiger partial charge on any atom is -0.376 e. The van der Waals surface area contributed by atoms with Crippen molar-refractivity contribution in [2.75, 3.05) is 37.0 Å². The molecule has 0 aromatic carbocycles. The molecule has 20 heavy (non-hydrogen) atoms. The van der Waals surface area contributed by atoms with E-state index >= 15 is 0 Å². The van der Waals surface area contributed by atoms with Gasteiger partial charge in [0.2, 0.25) is 5.95 Å². The Morgan fingerprint density at radius 3 is 3.10 bits per heavy atom. The minimum atomic E-state index is 0.330. The van der Waals surface area contributed by atoms with E-state index in [-0.39, 0.29) is 0 Å². The van der Waals surface area contributed by atoms with Crippen molar-refractivity contribution in [2.45, 2.75) is 25.9 Å². The highest BCUT2D eigenvalue weighted by atomic mass is 32.1. The molecule has 3 heterocycles. The maximum absolute atomic E-state index is 5.76. The van der Waals surface area contributed by atoms with Crippen LogP contribution in [0, 0.1) is 0 Å². The summed E-state index contributed by atoms with van der Waals surface area (Å²) in [5.74, 6) is 1.69. The first-order valence-corrected chi connectivity index (χ1v) is 7.99. The van der Waals surface area contributed by atoms with Crippen molar-refractivity contribution in [3.05, 3.63) is 11.4 Å². The minimum absolute atomic E-state index is 0.330. The van der Waals surface area contributed by atoms with E-state index in [9.17, 15) is 0 Å². The first kappa shape index (κ1) is 13.6. The SMILES string of the molecule is CCN(CC1CCCO1)c1nc(NC)nc2sccc12. The topological polar surface area (TPSA) is 50.3 Å². The molecular formula is C14H20N4OS. The Morgan fingerprint density at radius 1 is 1.50 bits per heavy atom. The zero-order valence-corrected chi connectivity index (χ0v) is 12.7. The van der Waals surface area contributed by atoms with Gasteiger partial charge in [0.1, 0.15) is 10.6 Å². The number of nitrogens with zero attached hydrogens (tertiary/aromatic N) is 3. The van der Waals surface area contributed by atoms with Crippen LogP contribution in [-0.4, -0.2) is 42.8 Å². The predicted octanol–water partition coefficient (Wildman–Crippen LogP) is 2.74. The Hall–Kier alpha value is -1.40. The fourth-order valence-electron chi connectivity index (χ4n) is 2.59. The van der Waals surface area contributed by atoms with E-state index in [2.05, 4.69) is 38.6 Å². The second-order valence-corrected chi connectivity index (χ2v) is 5.83. The van der Waals surface area contributed by atoms with Crippen LogP contribution in [0.3, 0.4) is 0 Å². The molecule has 0 amide bonds. The second kappa shape index (κ2) is 5.93. The molecule has 0 spiro atoms. The predicted molar refractivity (Wildman–Crippen MR) is 83.8 cm³/mol. The molecular weight excluding hydrogens is 272 g/mol. The third-order valence-electron chi connectivity index (χ3n) is 3.66. The van der Waals surface area contributed by atoms with Gasteiger partial charge < -0.3 is 15.0 Å². The number of hydrogen-bond donors (Lipinski definition) is 1. The van der Waals surface area contributed by atoms with Gasteiger partial charge in [-0.1, -0.05) is 0 Å². The van der Waals surface area contributed by atoms with Gasteiger partial charge >= 0.3 is 0 Å². The molecule has 2 aromatic rings. The van der Waals surface area contributed by atoms with Gasteiger partial charge in [-0.25, -0.2) is 4.98 Å². The average Bonchev–Trinajstić information content (AvgIpc) is 3.14. The van der Waals surface area contributed by atoms with Gasteiger partial charge in [0, 0.05) is 26.7 Å². The normalized spacial score (nSPS) is 18.6. The van der Waals surface area contributed by atoms with Crippen LogP contribution in [-0.2, 0) is 4.74 Å². The first-order chi connectivity index (χ1) is 9.81. The summed E-state index contributed by atoms with van der Waals surface area (Å²) >= 11 is 1.65. The molecule has 6 heteroatoms. The summed E-state index contributed by atoms with van der Waals surface area (Å²) in [4.78, 5) is 12.5. The third-order valence-corrected chi connectivity index (χ3v) is 4.46. The third kappa shape index (κ3) is 2.58. The fourth-order valence-corrected chi connectivity index (χ4v) is 3.35. The van der Waals surface area contributed by atoms with E-state index in [1.807, 2.05) is 7.05 Å². The largest absolute Gasteiger partial charge is 0.376 e. The van der Waals surface area contributed by atoms with Crippen LogP contribution in [0.15, 0.2) is 11.4 Å². The van der Waals surface area contributed by atoms with Crippen LogP contribution in [0.4, 0.5) is 11.8 Å². The van der Waals surface area contributed by atoms with E-state index < -0.39 is 0 Å². The van der Waals surface area contributed by atoms with E-state index in [1.165, 1.54) is 6.42 Å². The molecule has 0 bridgehead atoms. The number of fused-ring (bicyclic) bond motifs is 1. The molecule has 3 rings (SSSR count). The van der Waals surface area contributed by atoms with E-state index in [4.69, 9.17) is 4.74 Å². The summed E-state index contributed by atoms with van der Waals surface area (Å²) in [5.41, 5.74) is 0. The lowest BCUT2D eigenvalue weighted by atomic mass is 10.2. The molecule has 0 radical (unpaired) electrons. The smallest absolute Gasteiger partial charge is 0.225 e. The van der Waals surface area contributed by atoms with Gasteiger partial charge in [-0.2, -0.15) is 4.98 Å². The molecule has 1 saturated heterocycles. The lowest BCUT2D eigenvalue weighted by molar-refractivity contribution is 0.115. The van der Waals surface area contributed by atoms with Crippen molar-refractivity contribution in [1.29, 1.82) is 0 Å². The van der Waals surface area contributed by atoms with Crippen molar-refractivity contribution in [1.82, 2.24) is 9.97 Å². The molecule has 108 valence electrons. The fraction of sp³-hybridized carbons (Fsp3) is 0.571. The number of ether oxygens (including phenoxy) is 1. The number of nitrogens with one attached hydrogen (secondary N) is 1. The van der Waals surface area contributed by atoms with Crippen LogP contribution in [0.5, 0.6) is 0 Å². The van der Waals surface area contributed by atoms with Crippen LogP contribution in [0.25, 0.3) is 10.2 Å². The van der Waals surface area contributed by atoms with Gasteiger partial charge in [0.25, 0.3) is 0 Å². The Balaban J connectivity index is 1.94. The maximum Gasteiger partial charge on any atom is 0.225 e. The molecule has 5 nitrogen and oxygen atoms in total.